The molecule has 2 aliphatic rings. The molecule has 0 bridgehead atoms. The van der Waals surface area contributed by atoms with Gasteiger partial charge in [-0.1, -0.05) is 19.3 Å². The SMILES string of the molecule is CN(CCC1CCC1)CC1(CN)COC1. The van der Waals surface area contributed by atoms with Gasteiger partial charge in [0, 0.05) is 18.5 Å². The molecule has 0 aromatic carbocycles. The van der Waals surface area contributed by atoms with E-state index in [4.69, 9.17) is 10.5 Å². The molecule has 0 aromatic heterocycles. The summed E-state index contributed by atoms with van der Waals surface area (Å²) in [5, 5.41) is 0. The summed E-state index contributed by atoms with van der Waals surface area (Å²) in [6, 6.07) is 0. The minimum absolute atomic E-state index is 0.272. The average molecular weight is 212 g/mol. The van der Waals surface area contributed by atoms with E-state index in [1.54, 1.807) is 0 Å². The molecule has 2 rings (SSSR count). The van der Waals surface area contributed by atoms with Crippen molar-refractivity contribution in [1.82, 2.24) is 4.90 Å². The zero-order valence-corrected chi connectivity index (χ0v) is 9.87. The second-order valence-corrected chi connectivity index (χ2v) is 5.52. The molecular formula is C12H24N2O. The molecule has 0 radical (unpaired) electrons. The third-order valence-electron chi connectivity index (χ3n) is 4.00. The van der Waals surface area contributed by atoms with E-state index in [2.05, 4.69) is 11.9 Å². The predicted octanol–water partition coefficient (Wildman–Crippen LogP) is 1.08. The molecule has 1 saturated heterocycles. The van der Waals surface area contributed by atoms with E-state index >= 15 is 0 Å². The quantitative estimate of drug-likeness (QED) is 0.716. The van der Waals surface area contributed by atoms with E-state index < -0.39 is 0 Å². The van der Waals surface area contributed by atoms with Gasteiger partial charge in [0.25, 0.3) is 0 Å². The topological polar surface area (TPSA) is 38.5 Å². The Hall–Kier alpha value is -0.120. The number of nitrogens with two attached hydrogens (primary N) is 1. The Morgan fingerprint density at radius 3 is 2.53 bits per heavy atom. The predicted molar refractivity (Wildman–Crippen MR) is 61.8 cm³/mol. The highest BCUT2D eigenvalue weighted by molar-refractivity contribution is 4.89. The first-order valence-corrected chi connectivity index (χ1v) is 6.20. The Bertz CT molecular complexity index is 194. The van der Waals surface area contributed by atoms with Crippen LogP contribution in [0.3, 0.4) is 0 Å². The zero-order valence-electron chi connectivity index (χ0n) is 9.87. The summed E-state index contributed by atoms with van der Waals surface area (Å²) in [6.45, 7) is 4.82. The van der Waals surface area contributed by atoms with Crippen molar-refractivity contribution >= 4 is 0 Å². The van der Waals surface area contributed by atoms with Crippen LogP contribution in [0, 0.1) is 11.3 Å². The van der Waals surface area contributed by atoms with Gasteiger partial charge in [-0.05, 0) is 25.9 Å². The molecule has 88 valence electrons. The van der Waals surface area contributed by atoms with Gasteiger partial charge in [0.05, 0.1) is 13.2 Å². The highest BCUT2D eigenvalue weighted by atomic mass is 16.5. The first-order valence-electron chi connectivity index (χ1n) is 6.20. The Kier molecular flexibility index (Phi) is 3.65. The number of ether oxygens (including phenoxy) is 1. The van der Waals surface area contributed by atoms with Crippen LogP contribution in [0.15, 0.2) is 0 Å². The van der Waals surface area contributed by atoms with Gasteiger partial charge in [-0.3, -0.25) is 0 Å². The molecule has 0 aromatic rings. The standard InChI is InChI=1S/C12H24N2O/c1-14(6-5-11-3-2-4-11)8-12(7-13)9-15-10-12/h11H,2-10,13H2,1H3. The maximum atomic E-state index is 5.80. The summed E-state index contributed by atoms with van der Waals surface area (Å²) in [5.74, 6) is 1.01. The minimum Gasteiger partial charge on any atom is -0.380 e. The van der Waals surface area contributed by atoms with Crippen molar-refractivity contribution in [3.05, 3.63) is 0 Å². The van der Waals surface area contributed by atoms with Gasteiger partial charge in [-0.15, -0.1) is 0 Å². The molecule has 0 unspecified atom stereocenters. The molecule has 1 aliphatic carbocycles. The summed E-state index contributed by atoms with van der Waals surface area (Å²) in [4.78, 5) is 2.44. The summed E-state index contributed by atoms with van der Waals surface area (Å²) in [6.07, 6.45) is 5.74. The van der Waals surface area contributed by atoms with E-state index in [0.717, 1.165) is 32.2 Å². The van der Waals surface area contributed by atoms with Crippen molar-refractivity contribution in [2.24, 2.45) is 17.1 Å². The molecule has 3 heteroatoms. The molecule has 3 nitrogen and oxygen atoms in total. The maximum Gasteiger partial charge on any atom is 0.0569 e. The van der Waals surface area contributed by atoms with E-state index in [0.29, 0.717) is 0 Å². The van der Waals surface area contributed by atoms with E-state index in [1.165, 1.54) is 32.2 Å². The van der Waals surface area contributed by atoms with Crippen molar-refractivity contribution in [1.29, 1.82) is 0 Å². The Morgan fingerprint density at radius 2 is 2.13 bits per heavy atom. The normalized spacial score (nSPS) is 25.0. The Labute approximate surface area is 93.0 Å². The van der Waals surface area contributed by atoms with Crippen molar-refractivity contribution in [2.45, 2.75) is 25.7 Å². The summed E-state index contributed by atoms with van der Waals surface area (Å²) in [5.41, 5.74) is 6.08. The van der Waals surface area contributed by atoms with Gasteiger partial charge >= 0.3 is 0 Å². The van der Waals surface area contributed by atoms with Crippen molar-refractivity contribution in [2.75, 3.05) is 39.9 Å². The zero-order chi connectivity index (χ0) is 10.7. The van der Waals surface area contributed by atoms with Crippen LogP contribution in [0.4, 0.5) is 0 Å². The average Bonchev–Trinajstić information content (AvgIpc) is 2.09. The van der Waals surface area contributed by atoms with E-state index in [-0.39, 0.29) is 5.41 Å². The van der Waals surface area contributed by atoms with Crippen molar-refractivity contribution < 1.29 is 4.74 Å². The fourth-order valence-electron chi connectivity index (χ4n) is 2.50. The van der Waals surface area contributed by atoms with E-state index in [9.17, 15) is 0 Å². The van der Waals surface area contributed by atoms with Crippen LogP contribution in [0.2, 0.25) is 0 Å². The molecule has 1 heterocycles. The third-order valence-corrected chi connectivity index (χ3v) is 4.00. The van der Waals surface area contributed by atoms with Crippen LogP contribution in [-0.4, -0.2) is 44.8 Å². The van der Waals surface area contributed by atoms with Gasteiger partial charge < -0.3 is 15.4 Å². The molecule has 0 atom stereocenters. The Morgan fingerprint density at radius 1 is 1.40 bits per heavy atom. The second kappa shape index (κ2) is 4.81. The summed E-state index contributed by atoms with van der Waals surface area (Å²) < 4.78 is 5.28. The van der Waals surface area contributed by atoms with Gasteiger partial charge in [-0.2, -0.15) is 0 Å². The minimum atomic E-state index is 0.272. The van der Waals surface area contributed by atoms with Gasteiger partial charge in [-0.25, -0.2) is 0 Å². The summed E-state index contributed by atoms with van der Waals surface area (Å²) in [7, 11) is 2.22. The molecule has 0 amide bonds. The van der Waals surface area contributed by atoms with Crippen LogP contribution >= 0.6 is 0 Å². The smallest absolute Gasteiger partial charge is 0.0569 e. The van der Waals surface area contributed by atoms with Crippen LogP contribution in [0.25, 0.3) is 0 Å². The van der Waals surface area contributed by atoms with Crippen LogP contribution in [-0.2, 0) is 4.74 Å². The lowest BCUT2D eigenvalue weighted by molar-refractivity contribution is -0.118. The summed E-state index contributed by atoms with van der Waals surface area (Å²) >= 11 is 0. The fraction of sp³-hybridized carbons (Fsp3) is 1.00. The lowest BCUT2D eigenvalue weighted by atomic mass is 9.82. The largest absolute Gasteiger partial charge is 0.380 e. The molecule has 15 heavy (non-hydrogen) atoms. The van der Waals surface area contributed by atoms with E-state index in [1.807, 2.05) is 0 Å². The van der Waals surface area contributed by atoms with Crippen molar-refractivity contribution in [3.63, 3.8) is 0 Å². The maximum absolute atomic E-state index is 5.80. The van der Waals surface area contributed by atoms with Gasteiger partial charge in [0.1, 0.15) is 0 Å². The number of hydrogen-bond donors (Lipinski definition) is 1. The lowest BCUT2D eigenvalue weighted by Gasteiger charge is -2.43. The number of hydrogen-bond acceptors (Lipinski definition) is 3. The number of rotatable bonds is 6. The van der Waals surface area contributed by atoms with Gasteiger partial charge in [0.15, 0.2) is 0 Å². The molecule has 1 saturated carbocycles. The Balaban J connectivity index is 1.64. The monoisotopic (exact) mass is 212 g/mol. The van der Waals surface area contributed by atoms with Gasteiger partial charge in [0.2, 0.25) is 0 Å². The van der Waals surface area contributed by atoms with Crippen molar-refractivity contribution in [3.8, 4) is 0 Å². The first kappa shape index (κ1) is 11.4. The molecule has 1 aliphatic heterocycles. The molecule has 0 spiro atoms. The highest BCUT2D eigenvalue weighted by Crippen LogP contribution is 2.30. The molecular weight excluding hydrogens is 188 g/mol. The third kappa shape index (κ3) is 2.71. The highest BCUT2D eigenvalue weighted by Gasteiger charge is 2.38. The number of nitrogens with zero attached hydrogens (tertiary/aromatic N) is 1. The van der Waals surface area contributed by atoms with Crippen LogP contribution in [0.1, 0.15) is 25.7 Å². The first-order chi connectivity index (χ1) is 7.24. The molecule has 2 fully saturated rings. The second-order valence-electron chi connectivity index (χ2n) is 5.52. The van der Waals surface area contributed by atoms with Crippen LogP contribution in [0.5, 0.6) is 0 Å². The fourth-order valence-corrected chi connectivity index (χ4v) is 2.50. The molecule has 2 N–H and O–H groups in total. The lowest BCUT2D eigenvalue weighted by Crippen LogP contribution is -2.54. The van der Waals surface area contributed by atoms with Crippen LogP contribution < -0.4 is 5.73 Å².